The van der Waals surface area contributed by atoms with Crippen molar-refractivity contribution < 1.29 is 18.8 Å². The molecular weight excluding hydrogens is 398 g/mol. The molecule has 0 amide bonds. The number of nitro groups is 1. The molecule has 0 unspecified atom stereocenters. The molecule has 3 aromatic carbocycles. The maximum atomic E-state index is 11.3. The zero-order valence-electron chi connectivity index (χ0n) is 16.8. The van der Waals surface area contributed by atoms with Gasteiger partial charge < -0.3 is 19.2 Å². The minimum absolute atomic E-state index is 0.0136. The Balaban J connectivity index is 1.56. The van der Waals surface area contributed by atoms with Crippen LogP contribution in [0.4, 0.5) is 11.4 Å². The number of nitro benzene ring substituents is 1. The fourth-order valence-electron chi connectivity index (χ4n) is 3.53. The van der Waals surface area contributed by atoms with Crippen molar-refractivity contribution in [3.05, 3.63) is 64.7 Å². The molecule has 1 aliphatic rings. The van der Waals surface area contributed by atoms with Crippen LogP contribution in [-0.2, 0) is 0 Å². The van der Waals surface area contributed by atoms with Crippen molar-refractivity contribution in [1.82, 2.24) is 4.98 Å². The molecule has 0 saturated carbocycles. The van der Waals surface area contributed by atoms with Crippen LogP contribution in [0.25, 0.3) is 33.7 Å². The van der Waals surface area contributed by atoms with Gasteiger partial charge in [-0.1, -0.05) is 19.1 Å². The fraction of sp³-hybridized carbons (Fsp3) is 0.174. The molecular formula is C23H19N3O5. The van der Waals surface area contributed by atoms with E-state index in [4.69, 9.17) is 13.9 Å². The smallest absolute Gasteiger partial charge is 0.270 e. The lowest BCUT2D eigenvalue weighted by Gasteiger charge is -2.08. The van der Waals surface area contributed by atoms with Crippen molar-refractivity contribution in [2.75, 3.05) is 18.7 Å². The van der Waals surface area contributed by atoms with E-state index in [1.54, 1.807) is 6.07 Å². The quantitative estimate of drug-likeness (QED) is 0.321. The summed E-state index contributed by atoms with van der Waals surface area (Å²) in [5.41, 5.74) is 4.48. The zero-order chi connectivity index (χ0) is 21.4. The molecule has 5 rings (SSSR count). The highest BCUT2D eigenvalue weighted by Crippen LogP contribution is 2.38. The van der Waals surface area contributed by atoms with Crippen molar-refractivity contribution in [1.29, 1.82) is 0 Å². The van der Waals surface area contributed by atoms with E-state index in [-0.39, 0.29) is 12.5 Å². The topological polar surface area (TPSA) is 99.7 Å². The van der Waals surface area contributed by atoms with Gasteiger partial charge in [0.15, 0.2) is 17.1 Å². The summed E-state index contributed by atoms with van der Waals surface area (Å²) < 4.78 is 16.8. The van der Waals surface area contributed by atoms with Crippen LogP contribution in [0.15, 0.2) is 59.0 Å². The Kier molecular flexibility index (Phi) is 4.66. The lowest BCUT2D eigenvalue weighted by atomic mass is 10.0. The van der Waals surface area contributed by atoms with Crippen LogP contribution in [0.5, 0.6) is 11.5 Å². The van der Waals surface area contributed by atoms with Crippen molar-refractivity contribution in [2.24, 2.45) is 0 Å². The van der Waals surface area contributed by atoms with Crippen LogP contribution in [0, 0.1) is 10.1 Å². The third kappa shape index (κ3) is 3.52. The molecule has 0 atom stereocenters. The highest BCUT2D eigenvalue weighted by atomic mass is 16.7. The SMILES string of the molecule is CCCNc1ccc([N+](=O)[O-])cc1-c1nc2cc(-c3ccc4c(c3)OCO4)ccc2o1. The number of ether oxygens (including phenoxy) is 2. The molecule has 31 heavy (non-hydrogen) atoms. The van der Waals surface area contributed by atoms with Gasteiger partial charge in [-0.3, -0.25) is 10.1 Å². The van der Waals surface area contributed by atoms with Gasteiger partial charge in [0, 0.05) is 24.4 Å². The number of benzene rings is 3. The molecule has 8 nitrogen and oxygen atoms in total. The van der Waals surface area contributed by atoms with Crippen LogP contribution in [0.1, 0.15) is 13.3 Å². The van der Waals surface area contributed by atoms with E-state index in [0.717, 1.165) is 35.5 Å². The van der Waals surface area contributed by atoms with Gasteiger partial charge in [0.2, 0.25) is 12.7 Å². The lowest BCUT2D eigenvalue weighted by Crippen LogP contribution is -2.02. The maximum absolute atomic E-state index is 11.3. The second kappa shape index (κ2) is 7.64. The first-order chi connectivity index (χ1) is 15.1. The normalized spacial score (nSPS) is 12.3. The Labute approximate surface area is 177 Å². The first kappa shape index (κ1) is 18.9. The van der Waals surface area contributed by atoms with Crippen molar-refractivity contribution in [3.63, 3.8) is 0 Å². The summed E-state index contributed by atoms with van der Waals surface area (Å²) in [5, 5.41) is 14.6. The Morgan fingerprint density at radius 3 is 2.68 bits per heavy atom. The molecule has 0 saturated heterocycles. The molecule has 0 spiro atoms. The van der Waals surface area contributed by atoms with E-state index in [1.807, 2.05) is 36.4 Å². The van der Waals surface area contributed by atoms with Gasteiger partial charge in [0.1, 0.15) is 5.52 Å². The lowest BCUT2D eigenvalue weighted by molar-refractivity contribution is -0.384. The van der Waals surface area contributed by atoms with E-state index < -0.39 is 4.92 Å². The zero-order valence-corrected chi connectivity index (χ0v) is 16.8. The van der Waals surface area contributed by atoms with Crippen molar-refractivity contribution in [3.8, 4) is 34.1 Å². The molecule has 0 fully saturated rings. The first-order valence-electron chi connectivity index (χ1n) is 9.95. The van der Waals surface area contributed by atoms with Gasteiger partial charge in [0.25, 0.3) is 5.69 Å². The van der Waals surface area contributed by atoms with Crippen molar-refractivity contribution >= 4 is 22.5 Å². The molecule has 0 aliphatic carbocycles. The summed E-state index contributed by atoms with van der Waals surface area (Å²) in [4.78, 5) is 15.5. The maximum Gasteiger partial charge on any atom is 0.270 e. The standard InChI is InChI=1S/C23H19N3O5/c1-2-9-24-18-6-5-16(26(27)28)12-17(18)23-25-19-10-14(3-7-20(19)31-23)15-4-8-21-22(11-15)30-13-29-21/h3-8,10-12,24H,2,9,13H2,1H3. The fourth-order valence-corrected chi connectivity index (χ4v) is 3.53. The van der Waals surface area contributed by atoms with E-state index in [2.05, 4.69) is 17.2 Å². The number of oxazole rings is 1. The third-order valence-electron chi connectivity index (χ3n) is 5.10. The van der Waals surface area contributed by atoms with Crippen LogP contribution in [0.3, 0.4) is 0 Å². The second-order valence-corrected chi connectivity index (χ2v) is 7.18. The number of nitrogens with one attached hydrogen (secondary N) is 1. The van der Waals surface area contributed by atoms with E-state index >= 15 is 0 Å². The van der Waals surface area contributed by atoms with Gasteiger partial charge in [-0.2, -0.15) is 0 Å². The number of anilines is 1. The predicted molar refractivity (Wildman–Crippen MR) is 116 cm³/mol. The largest absolute Gasteiger partial charge is 0.454 e. The molecule has 4 aromatic rings. The highest BCUT2D eigenvalue weighted by Gasteiger charge is 2.18. The summed E-state index contributed by atoms with van der Waals surface area (Å²) in [5.74, 6) is 1.77. The first-order valence-corrected chi connectivity index (χ1v) is 9.95. The average molecular weight is 417 g/mol. The van der Waals surface area contributed by atoms with Gasteiger partial charge in [-0.05, 0) is 47.9 Å². The second-order valence-electron chi connectivity index (χ2n) is 7.18. The minimum Gasteiger partial charge on any atom is -0.454 e. The third-order valence-corrected chi connectivity index (χ3v) is 5.10. The number of hydrogen-bond donors (Lipinski definition) is 1. The van der Waals surface area contributed by atoms with Crippen LogP contribution in [0.2, 0.25) is 0 Å². The molecule has 8 heteroatoms. The number of rotatable bonds is 6. The number of non-ortho nitro benzene ring substituents is 1. The number of hydrogen-bond acceptors (Lipinski definition) is 7. The van der Waals surface area contributed by atoms with Gasteiger partial charge >= 0.3 is 0 Å². The molecule has 1 N–H and O–H groups in total. The summed E-state index contributed by atoms with van der Waals surface area (Å²) in [6.45, 7) is 3.01. The number of aromatic nitrogens is 1. The Bertz CT molecular complexity index is 1300. The predicted octanol–water partition coefficient (Wildman–Crippen LogP) is 5.62. The highest BCUT2D eigenvalue weighted by molar-refractivity contribution is 5.85. The monoisotopic (exact) mass is 417 g/mol. The molecule has 2 heterocycles. The summed E-state index contributed by atoms with van der Waals surface area (Å²) >= 11 is 0. The Hall–Kier alpha value is -4.07. The van der Waals surface area contributed by atoms with Gasteiger partial charge in [-0.25, -0.2) is 4.98 Å². The molecule has 0 bridgehead atoms. The molecule has 0 radical (unpaired) electrons. The van der Waals surface area contributed by atoms with Crippen LogP contribution >= 0.6 is 0 Å². The number of nitrogens with zero attached hydrogens (tertiary/aromatic N) is 2. The number of fused-ring (bicyclic) bond motifs is 2. The van der Waals surface area contributed by atoms with Crippen LogP contribution in [-0.4, -0.2) is 23.2 Å². The average Bonchev–Trinajstić information content (AvgIpc) is 3.43. The van der Waals surface area contributed by atoms with E-state index in [9.17, 15) is 10.1 Å². The molecule has 1 aliphatic heterocycles. The minimum atomic E-state index is -0.423. The van der Waals surface area contributed by atoms with E-state index in [1.165, 1.54) is 12.1 Å². The van der Waals surface area contributed by atoms with Gasteiger partial charge in [0.05, 0.1) is 10.5 Å². The summed E-state index contributed by atoms with van der Waals surface area (Å²) in [6, 6.07) is 16.1. The van der Waals surface area contributed by atoms with E-state index in [0.29, 0.717) is 28.3 Å². The Morgan fingerprint density at radius 2 is 1.84 bits per heavy atom. The summed E-state index contributed by atoms with van der Waals surface area (Å²) in [7, 11) is 0. The summed E-state index contributed by atoms with van der Waals surface area (Å²) in [6.07, 6.45) is 0.920. The van der Waals surface area contributed by atoms with Crippen LogP contribution < -0.4 is 14.8 Å². The van der Waals surface area contributed by atoms with Crippen molar-refractivity contribution in [2.45, 2.75) is 13.3 Å². The van der Waals surface area contributed by atoms with Gasteiger partial charge in [-0.15, -0.1) is 0 Å². The Morgan fingerprint density at radius 1 is 1.03 bits per heavy atom. The molecule has 156 valence electrons. The molecule has 1 aromatic heterocycles.